The first kappa shape index (κ1) is 18.5. The van der Waals surface area contributed by atoms with Gasteiger partial charge in [0.05, 0.1) is 12.7 Å². The molecular formula is C17H28BrNO2. The minimum absolute atomic E-state index is 0.0776. The van der Waals surface area contributed by atoms with Gasteiger partial charge in [0.2, 0.25) is 0 Å². The van der Waals surface area contributed by atoms with Crippen LogP contribution in [0.25, 0.3) is 0 Å². The highest BCUT2D eigenvalue weighted by atomic mass is 79.9. The molecule has 0 saturated heterocycles. The van der Waals surface area contributed by atoms with Crippen LogP contribution < -0.4 is 10.1 Å². The second-order valence-corrected chi connectivity index (χ2v) is 7.50. The van der Waals surface area contributed by atoms with Crippen LogP contribution in [0, 0.1) is 6.92 Å². The van der Waals surface area contributed by atoms with Gasteiger partial charge in [-0.25, -0.2) is 0 Å². The molecule has 21 heavy (non-hydrogen) atoms. The lowest BCUT2D eigenvalue weighted by Crippen LogP contribution is -2.35. The fraction of sp³-hybridized carbons (Fsp3) is 0.647. The molecule has 0 aliphatic rings. The number of hydrogen-bond acceptors (Lipinski definition) is 3. The topological polar surface area (TPSA) is 30.5 Å². The summed E-state index contributed by atoms with van der Waals surface area (Å²) in [7, 11) is 0. The first-order valence-electron chi connectivity index (χ1n) is 7.47. The highest BCUT2D eigenvalue weighted by Crippen LogP contribution is 2.28. The zero-order chi connectivity index (χ0) is 16.0. The van der Waals surface area contributed by atoms with Gasteiger partial charge in [0.15, 0.2) is 0 Å². The Morgan fingerprint density at radius 1 is 1.19 bits per heavy atom. The van der Waals surface area contributed by atoms with E-state index in [0.717, 1.165) is 22.3 Å². The maximum absolute atomic E-state index is 5.95. The van der Waals surface area contributed by atoms with Gasteiger partial charge in [-0.05, 0) is 59.2 Å². The Morgan fingerprint density at radius 3 is 2.43 bits per heavy atom. The van der Waals surface area contributed by atoms with Gasteiger partial charge in [-0.1, -0.05) is 15.9 Å². The molecule has 1 N–H and O–H groups in total. The number of aryl methyl sites for hydroxylation is 1. The van der Waals surface area contributed by atoms with E-state index >= 15 is 0 Å². The molecule has 0 radical (unpaired) electrons. The van der Waals surface area contributed by atoms with Crippen LogP contribution in [0.3, 0.4) is 0 Å². The fourth-order valence-corrected chi connectivity index (χ4v) is 2.54. The van der Waals surface area contributed by atoms with Crippen molar-refractivity contribution < 1.29 is 9.47 Å². The monoisotopic (exact) mass is 357 g/mol. The summed E-state index contributed by atoms with van der Waals surface area (Å²) in [6.45, 7) is 14.6. The largest absolute Gasteiger partial charge is 0.491 e. The van der Waals surface area contributed by atoms with E-state index in [1.807, 2.05) is 13.8 Å². The van der Waals surface area contributed by atoms with Crippen molar-refractivity contribution in [2.45, 2.75) is 59.7 Å². The van der Waals surface area contributed by atoms with E-state index in [1.165, 1.54) is 5.56 Å². The number of nitrogens with one attached hydrogen (secondary N) is 1. The molecule has 3 nitrogen and oxygen atoms in total. The molecule has 1 aromatic carbocycles. The molecule has 4 heteroatoms. The van der Waals surface area contributed by atoms with E-state index in [4.69, 9.17) is 9.47 Å². The molecule has 1 aromatic rings. The van der Waals surface area contributed by atoms with Gasteiger partial charge in [-0.2, -0.15) is 0 Å². The Bertz CT molecular complexity index is 453. The normalized spacial score (nSPS) is 12.0. The van der Waals surface area contributed by atoms with E-state index in [1.54, 1.807) is 0 Å². The van der Waals surface area contributed by atoms with Gasteiger partial charge in [-0.3, -0.25) is 0 Å². The maximum atomic E-state index is 5.95. The standard InChI is InChI=1S/C17H28BrNO2/c1-12(2)20-7-8-21-16-13(3)9-15(18)10-14(16)11-19-17(4,5)6/h9-10,12,19H,7-8,11H2,1-6H3. The molecule has 0 fully saturated rings. The van der Waals surface area contributed by atoms with Crippen molar-refractivity contribution in [1.82, 2.24) is 5.32 Å². The molecule has 0 spiro atoms. The smallest absolute Gasteiger partial charge is 0.126 e. The molecule has 1 rings (SSSR count). The average molecular weight is 358 g/mol. The lowest BCUT2D eigenvalue weighted by molar-refractivity contribution is 0.0548. The summed E-state index contributed by atoms with van der Waals surface area (Å²) < 4.78 is 12.6. The van der Waals surface area contributed by atoms with E-state index < -0.39 is 0 Å². The van der Waals surface area contributed by atoms with Crippen molar-refractivity contribution in [2.75, 3.05) is 13.2 Å². The highest BCUT2D eigenvalue weighted by Gasteiger charge is 2.13. The van der Waals surface area contributed by atoms with Crippen LogP contribution >= 0.6 is 15.9 Å². The SMILES string of the molecule is Cc1cc(Br)cc(CNC(C)(C)C)c1OCCOC(C)C. The number of halogens is 1. The Labute approximate surface area is 137 Å². The van der Waals surface area contributed by atoms with Gasteiger partial charge in [0.1, 0.15) is 12.4 Å². The Morgan fingerprint density at radius 2 is 1.86 bits per heavy atom. The van der Waals surface area contributed by atoms with Gasteiger partial charge in [0.25, 0.3) is 0 Å². The van der Waals surface area contributed by atoms with E-state index in [2.05, 4.69) is 61.1 Å². The molecule has 0 heterocycles. The lowest BCUT2D eigenvalue weighted by Gasteiger charge is -2.22. The summed E-state index contributed by atoms with van der Waals surface area (Å²) in [5.41, 5.74) is 2.38. The van der Waals surface area contributed by atoms with Crippen LogP contribution in [0.1, 0.15) is 45.7 Å². The Hall–Kier alpha value is -0.580. The van der Waals surface area contributed by atoms with Crippen LogP contribution in [0.2, 0.25) is 0 Å². The van der Waals surface area contributed by atoms with Crippen molar-refractivity contribution in [3.05, 3.63) is 27.7 Å². The lowest BCUT2D eigenvalue weighted by atomic mass is 10.1. The number of hydrogen-bond donors (Lipinski definition) is 1. The summed E-state index contributed by atoms with van der Waals surface area (Å²) in [5, 5.41) is 3.51. The van der Waals surface area contributed by atoms with E-state index in [9.17, 15) is 0 Å². The number of rotatable bonds is 7. The molecule has 0 aliphatic carbocycles. The van der Waals surface area contributed by atoms with Crippen LogP contribution in [0.15, 0.2) is 16.6 Å². The van der Waals surface area contributed by atoms with E-state index in [0.29, 0.717) is 13.2 Å². The Kier molecular flexibility index (Phi) is 7.17. The minimum Gasteiger partial charge on any atom is -0.491 e. The van der Waals surface area contributed by atoms with Crippen LogP contribution in [0.5, 0.6) is 5.75 Å². The summed E-state index contributed by atoms with van der Waals surface area (Å²) >= 11 is 3.56. The number of benzene rings is 1. The van der Waals surface area contributed by atoms with Crippen molar-refractivity contribution in [3.8, 4) is 5.75 Å². The van der Waals surface area contributed by atoms with E-state index in [-0.39, 0.29) is 11.6 Å². The Balaban J connectivity index is 2.75. The zero-order valence-electron chi connectivity index (χ0n) is 14.0. The second-order valence-electron chi connectivity index (χ2n) is 6.58. The summed E-state index contributed by atoms with van der Waals surface area (Å²) in [6.07, 6.45) is 0.238. The third-order valence-electron chi connectivity index (χ3n) is 2.91. The summed E-state index contributed by atoms with van der Waals surface area (Å²) in [4.78, 5) is 0. The third-order valence-corrected chi connectivity index (χ3v) is 3.36. The third kappa shape index (κ3) is 7.30. The van der Waals surface area contributed by atoms with Crippen molar-refractivity contribution in [2.24, 2.45) is 0 Å². The number of ether oxygens (including phenoxy) is 2. The van der Waals surface area contributed by atoms with Gasteiger partial charge < -0.3 is 14.8 Å². The molecule has 0 aromatic heterocycles. The average Bonchev–Trinajstić information content (AvgIpc) is 2.32. The zero-order valence-corrected chi connectivity index (χ0v) is 15.6. The van der Waals surface area contributed by atoms with Crippen LogP contribution in [-0.2, 0) is 11.3 Å². The molecule has 0 bridgehead atoms. The van der Waals surface area contributed by atoms with Crippen LogP contribution in [0.4, 0.5) is 0 Å². The molecule has 0 saturated carbocycles. The van der Waals surface area contributed by atoms with Crippen molar-refractivity contribution in [3.63, 3.8) is 0 Å². The van der Waals surface area contributed by atoms with Crippen LogP contribution in [-0.4, -0.2) is 24.9 Å². The van der Waals surface area contributed by atoms with Gasteiger partial charge in [0, 0.05) is 22.1 Å². The molecule has 120 valence electrons. The predicted octanol–water partition coefficient (Wildman–Crippen LogP) is 4.45. The highest BCUT2D eigenvalue weighted by molar-refractivity contribution is 9.10. The summed E-state index contributed by atoms with van der Waals surface area (Å²) in [5.74, 6) is 0.960. The fourth-order valence-electron chi connectivity index (χ4n) is 1.93. The molecule has 0 atom stereocenters. The van der Waals surface area contributed by atoms with Gasteiger partial charge in [-0.15, -0.1) is 0 Å². The predicted molar refractivity (Wildman–Crippen MR) is 92.1 cm³/mol. The first-order valence-corrected chi connectivity index (χ1v) is 8.27. The first-order chi connectivity index (χ1) is 9.69. The maximum Gasteiger partial charge on any atom is 0.126 e. The van der Waals surface area contributed by atoms with Gasteiger partial charge >= 0.3 is 0 Å². The minimum atomic E-state index is 0.0776. The molecule has 0 aliphatic heterocycles. The second kappa shape index (κ2) is 8.16. The molecular weight excluding hydrogens is 330 g/mol. The quantitative estimate of drug-likeness (QED) is 0.731. The summed E-state index contributed by atoms with van der Waals surface area (Å²) in [6, 6.07) is 4.20. The molecule has 0 amide bonds. The van der Waals surface area contributed by atoms with Crippen molar-refractivity contribution in [1.29, 1.82) is 0 Å². The molecule has 0 unspecified atom stereocenters. The van der Waals surface area contributed by atoms with Crippen molar-refractivity contribution >= 4 is 15.9 Å².